The van der Waals surface area contributed by atoms with E-state index in [4.69, 9.17) is 0 Å². The molecule has 1 saturated heterocycles. The number of amides is 1. The van der Waals surface area contributed by atoms with Crippen LogP contribution in [0.1, 0.15) is 40.0 Å². The van der Waals surface area contributed by atoms with Gasteiger partial charge in [0, 0.05) is 60.1 Å². The summed E-state index contributed by atoms with van der Waals surface area (Å²) in [5, 5.41) is 2.87. The smallest absolute Gasteiger partial charge is 0.328 e. The lowest BCUT2D eigenvalue weighted by Gasteiger charge is -2.34. The normalized spacial score (nSPS) is 16.0. The summed E-state index contributed by atoms with van der Waals surface area (Å²) in [6.45, 7) is 2.46. The molecule has 1 aliphatic heterocycles. The van der Waals surface area contributed by atoms with E-state index in [2.05, 4.69) is 14.9 Å². The first kappa shape index (κ1) is 21.6. The van der Waals surface area contributed by atoms with Crippen molar-refractivity contribution in [2.45, 2.75) is 32.2 Å². The highest BCUT2D eigenvalue weighted by atomic mass is 32.1. The van der Waals surface area contributed by atoms with Gasteiger partial charge in [0.05, 0.1) is 6.54 Å². The monoisotopic (exact) mass is 469 g/mol. The lowest BCUT2D eigenvalue weighted by Crippen LogP contribution is -2.48. The van der Waals surface area contributed by atoms with Crippen LogP contribution in [-0.4, -0.2) is 51.5 Å². The molecule has 1 N–H and O–H groups in total. The minimum absolute atomic E-state index is 0.0251. The summed E-state index contributed by atoms with van der Waals surface area (Å²) in [6, 6.07) is 4.29. The Bertz CT molecular complexity index is 1290. The van der Waals surface area contributed by atoms with Crippen LogP contribution in [0.3, 0.4) is 0 Å². The molecule has 33 heavy (non-hydrogen) atoms. The molecule has 0 spiro atoms. The maximum absolute atomic E-state index is 14.7. The molecular weight excluding hydrogens is 445 g/mol. The number of rotatable bonds is 4. The molecule has 2 aliphatic rings. The minimum Gasteiger partial charge on any atom is -0.345 e. The third kappa shape index (κ3) is 4.22. The predicted octanol–water partition coefficient (Wildman–Crippen LogP) is 2.02. The van der Waals surface area contributed by atoms with E-state index in [1.165, 1.54) is 22.8 Å². The Balaban J connectivity index is 1.37. The van der Waals surface area contributed by atoms with E-state index in [0.29, 0.717) is 55.8 Å². The molecule has 2 aromatic heterocycles. The molecule has 5 rings (SSSR count). The molecule has 0 radical (unpaired) electrons. The minimum atomic E-state index is -0.546. The Kier molecular flexibility index (Phi) is 5.84. The van der Waals surface area contributed by atoms with Crippen LogP contribution in [0.4, 0.5) is 9.52 Å². The van der Waals surface area contributed by atoms with Gasteiger partial charge in [-0.05, 0) is 43.9 Å². The van der Waals surface area contributed by atoms with Crippen LogP contribution in [0.2, 0.25) is 0 Å². The Morgan fingerprint density at radius 2 is 1.91 bits per heavy atom. The molecule has 3 heterocycles. The van der Waals surface area contributed by atoms with Crippen molar-refractivity contribution in [1.29, 1.82) is 0 Å². The lowest BCUT2D eigenvalue weighted by atomic mass is 9.96. The van der Waals surface area contributed by atoms with Gasteiger partial charge >= 0.3 is 5.69 Å². The first-order chi connectivity index (χ1) is 16.0. The number of nitrogens with zero attached hydrogens (tertiary/aromatic N) is 4. The van der Waals surface area contributed by atoms with Crippen molar-refractivity contribution >= 4 is 22.4 Å². The maximum atomic E-state index is 14.7. The maximum Gasteiger partial charge on any atom is 0.328 e. The fourth-order valence-electron chi connectivity index (χ4n) is 4.62. The summed E-state index contributed by atoms with van der Waals surface area (Å²) in [6.07, 6.45) is 4.76. The van der Waals surface area contributed by atoms with Crippen LogP contribution >= 0.6 is 11.3 Å². The van der Waals surface area contributed by atoms with Crippen LogP contribution in [0, 0.1) is 5.82 Å². The quantitative estimate of drug-likeness (QED) is 0.631. The van der Waals surface area contributed by atoms with Gasteiger partial charge in [0.1, 0.15) is 5.82 Å². The molecule has 1 aromatic carbocycles. The Labute approximate surface area is 193 Å². The van der Waals surface area contributed by atoms with E-state index in [1.807, 2.05) is 5.38 Å². The predicted molar refractivity (Wildman–Crippen MR) is 124 cm³/mol. The standard InChI is InChI=1S/C23H24FN5O3S/c24-18-6-5-15(21(31)27-8-10-28(11-9-27)23-25-7-12-33-23)13-16(18)14-29-19-4-2-1-3-17(19)20(30)26-22(29)32/h5-7,12-13H,1-4,8-11,14H2,(H,26,30,32). The van der Waals surface area contributed by atoms with E-state index >= 15 is 0 Å². The Hall–Kier alpha value is -3.27. The molecule has 10 heteroatoms. The molecular formula is C23H24FN5O3S. The van der Waals surface area contributed by atoms with E-state index < -0.39 is 11.5 Å². The highest BCUT2D eigenvalue weighted by Crippen LogP contribution is 2.21. The van der Waals surface area contributed by atoms with Crippen LogP contribution in [0.5, 0.6) is 0 Å². The first-order valence-electron chi connectivity index (χ1n) is 11.1. The van der Waals surface area contributed by atoms with Crippen molar-refractivity contribution in [2.75, 3.05) is 31.1 Å². The van der Waals surface area contributed by atoms with Gasteiger partial charge in [-0.3, -0.25) is 19.1 Å². The van der Waals surface area contributed by atoms with Crippen LogP contribution in [0.25, 0.3) is 0 Å². The van der Waals surface area contributed by atoms with Gasteiger partial charge in [0.2, 0.25) is 0 Å². The lowest BCUT2D eigenvalue weighted by molar-refractivity contribution is 0.0746. The summed E-state index contributed by atoms with van der Waals surface area (Å²) in [5.41, 5.74) is 1.02. The van der Waals surface area contributed by atoms with Crippen molar-refractivity contribution < 1.29 is 9.18 Å². The Morgan fingerprint density at radius 1 is 1.12 bits per heavy atom. The fraction of sp³-hybridized carbons (Fsp3) is 0.391. The number of aromatic amines is 1. The van der Waals surface area contributed by atoms with Crippen molar-refractivity contribution in [3.8, 4) is 0 Å². The number of aromatic nitrogens is 3. The van der Waals surface area contributed by atoms with Gasteiger partial charge in [-0.1, -0.05) is 0 Å². The number of carbonyl (C=O) groups is 1. The highest BCUT2D eigenvalue weighted by Gasteiger charge is 2.24. The zero-order valence-corrected chi connectivity index (χ0v) is 18.9. The van der Waals surface area contributed by atoms with Crippen molar-refractivity contribution in [1.82, 2.24) is 19.4 Å². The number of hydrogen-bond donors (Lipinski definition) is 1. The van der Waals surface area contributed by atoms with E-state index in [0.717, 1.165) is 18.0 Å². The van der Waals surface area contributed by atoms with E-state index in [9.17, 15) is 18.8 Å². The molecule has 0 unspecified atom stereocenters. The zero-order chi connectivity index (χ0) is 22.9. The average Bonchev–Trinajstić information content (AvgIpc) is 3.37. The van der Waals surface area contributed by atoms with E-state index in [-0.39, 0.29) is 23.6 Å². The van der Waals surface area contributed by atoms with Gasteiger partial charge in [-0.2, -0.15) is 0 Å². The summed E-state index contributed by atoms with van der Waals surface area (Å²) in [7, 11) is 0. The molecule has 172 valence electrons. The van der Waals surface area contributed by atoms with Crippen LogP contribution < -0.4 is 16.1 Å². The SMILES string of the molecule is O=C(c1ccc(F)c(Cn2c3c(c(=O)[nH]c2=O)CCCC3)c1)N1CCN(c2nccs2)CC1. The zero-order valence-electron chi connectivity index (χ0n) is 18.1. The molecule has 0 atom stereocenters. The summed E-state index contributed by atoms with van der Waals surface area (Å²) < 4.78 is 16.1. The molecule has 0 saturated carbocycles. The molecule has 1 amide bonds. The van der Waals surface area contributed by atoms with E-state index in [1.54, 1.807) is 22.4 Å². The van der Waals surface area contributed by atoms with Crippen molar-refractivity contribution in [2.24, 2.45) is 0 Å². The van der Waals surface area contributed by atoms with Crippen molar-refractivity contribution in [3.05, 3.63) is 78.8 Å². The number of carbonyl (C=O) groups excluding carboxylic acids is 1. The third-order valence-electron chi connectivity index (χ3n) is 6.38. The first-order valence-corrected chi connectivity index (χ1v) is 12.0. The van der Waals surface area contributed by atoms with Crippen LogP contribution in [-0.2, 0) is 19.4 Å². The number of H-pyrrole nitrogens is 1. The number of hydrogen-bond acceptors (Lipinski definition) is 6. The molecule has 0 bridgehead atoms. The highest BCUT2D eigenvalue weighted by molar-refractivity contribution is 7.13. The van der Waals surface area contributed by atoms with Crippen LogP contribution in [0.15, 0.2) is 39.4 Å². The van der Waals surface area contributed by atoms with Gasteiger partial charge in [-0.15, -0.1) is 11.3 Å². The van der Waals surface area contributed by atoms with Gasteiger partial charge < -0.3 is 9.80 Å². The number of fused-ring (bicyclic) bond motifs is 1. The van der Waals surface area contributed by atoms with Gasteiger partial charge in [0.25, 0.3) is 11.5 Å². The number of halogens is 1. The topological polar surface area (TPSA) is 91.3 Å². The largest absolute Gasteiger partial charge is 0.345 e. The molecule has 1 aliphatic carbocycles. The molecule has 8 nitrogen and oxygen atoms in total. The number of nitrogens with one attached hydrogen (secondary N) is 1. The second-order valence-corrected chi connectivity index (χ2v) is 9.25. The van der Waals surface area contributed by atoms with Gasteiger partial charge in [0.15, 0.2) is 5.13 Å². The van der Waals surface area contributed by atoms with Crippen molar-refractivity contribution in [3.63, 3.8) is 0 Å². The summed E-state index contributed by atoms with van der Waals surface area (Å²) in [4.78, 5) is 48.4. The van der Waals surface area contributed by atoms with Gasteiger partial charge in [-0.25, -0.2) is 14.2 Å². The second kappa shape index (κ2) is 8.93. The number of piperazine rings is 1. The average molecular weight is 470 g/mol. The number of thiazole rings is 1. The summed E-state index contributed by atoms with van der Waals surface area (Å²) in [5.74, 6) is -0.645. The third-order valence-corrected chi connectivity index (χ3v) is 7.21. The fourth-order valence-corrected chi connectivity index (χ4v) is 5.31. The molecule has 1 fully saturated rings. The Morgan fingerprint density at radius 3 is 2.67 bits per heavy atom. The number of anilines is 1. The summed E-state index contributed by atoms with van der Waals surface area (Å²) >= 11 is 1.57. The second-order valence-electron chi connectivity index (χ2n) is 8.38. The number of benzene rings is 1. The molecule has 3 aromatic rings.